The van der Waals surface area contributed by atoms with Crippen LogP contribution in [0.4, 0.5) is 26.3 Å². The fourth-order valence-electron chi connectivity index (χ4n) is 0.891. The minimum absolute atomic E-state index is 1.75. The molecule has 0 bridgehead atoms. The third-order valence-corrected chi connectivity index (χ3v) is 1.72. The maximum absolute atomic E-state index is 12.0. The van der Waals surface area contributed by atoms with Gasteiger partial charge in [0.15, 0.2) is 0 Å². The Labute approximate surface area is 97.7 Å². The molecule has 1 heterocycles. The number of pyridine rings is 1. The first-order valence-electron chi connectivity index (χ1n) is 4.48. The molecular formula is C11H5F6N. The van der Waals surface area contributed by atoms with Crippen LogP contribution >= 0.6 is 0 Å². The topological polar surface area (TPSA) is 12.9 Å². The monoisotopic (exact) mass is 265 g/mol. The van der Waals surface area contributed by atoms with Crippen molar-refractivity contribution in [3.8, 4) is 0 Å². The summed E-state index contributed by atoms with van der Waals surface area (Å²) < 4.78 is 72.2. The van der Waals surface area contributed by atoms with E-state index < -0.39 is 34.9 Å². The van der Waals surface area contributed by atoms with Crippen LogP contribution in [0.25, 0.3) is 0 Å². The molecule has 1 aromatic heterocycles. The average Bonchev–Trinajstić information content (AvgIpc) is 2.43. The van der Waals surface area contributed by atoms with Crippen molar-refractivity contribution in [2.75, 3.05) is 0 Å². The van der Waals surface area contributed by atoms with Crippen LogP contribution < -0.4 is 0 Å². The van der Waals surface area contributed by atoms with Gasteiger partial charge in [-0.2, -0.15) is 0 Å². The maximum Gasteiger partial charge on any atom is 0.200 e. The molecule has 0 atom stereocenters. The molecule has 0 radical (unpaired) electrons. The number of halogens is 6. The van der Waals surface area contributed by atoms with Gasteiger partial charge in [-0.1, -0.05) is 6.07 Å². The van der Waals surface area contributed by atoms with E-state index in [-0.39, 0.29) is 0 Å². The SMILES string of the molecule is Fc1c(F)c(F)c(F)c(F)c1F.c1ccncc1. The molecule has 0 amide bonds. The summed E-state index contributed by atoms with van der Waals surface area (Å²) in [5, 5.41) is 0. The summed E-state index contributed by atoms with van der Waals surface area (Å²) in [6.07, 6.45) is 3.50. The number of aromatic nitrogens is 1. The van der Waals surface area contributed by atoms with E-state index in [9.17, 15) is 26.3 Å². The highest BCUT2D eigenvalue weighted by atomic mass is 19.2. The van der Waals surface area contributed by atoms with E-state index in [4.69, 9.17) is 0 Å². The molecule has 1 aromatic carbocycles. The molecule has 2 rings (SSSR count). The number of benzene rings is 1. The van der Waals surface area contributed by atoms with Crippen molar-refractivity contribution < 1.29 is 26.3 Å². The van der Waals surface area contributed by atoms with Gasteiger partial charge in [0.25, 0.3) is 0 Å². The summed E-state index contributed by atoms with van der Waals surface area (Å²) >= 11 is 0. The quantitative estimate of drug-likeness (QED) is 0.403. The van der Waals surface area contributed by atoms with Crippen molar-refractivity contribution in [1.82, 2.24) is 4.98 Å². The lowest BCUT2D eigenvalue weighted by atomic mass is 10.3. The highest BCUT2D eigenvalue weighted by Crippen LogP contribution is 2.20. The lowest BCUT2D eigenvalue weighted by molar-refractivity contribution is 0.334. The molecule has 96 valence electrons. The maximum atomic E-state index is 12.0. The first-order valence-corrected chi connectivity index (χ1v) is 4.48. The fourth-order valence-corrected chi connectivity index (χ4v) is 0.891. The van der Waals surface area contributed by atoms with Crippen molar-refractivity contribution in [3.05, 3.63) is 65.5 Å². The second-order valence-corrected chi connectivity index (χ2v) is 2.91. The van der Waals surface area contributed by atoms with Crippen LogP contribution in [0.2, 0.25) is 0 Å². The van der Waals surface area contributed by atoms with Gasteiger partial charge in [-0.3, -0.25) is 4.98 Å². The van der Waals surface area contributed by atoms with E-state index in [2.05, 4.69) is 4.98 Å². The van der Waals surface area contributed by atoms with Crippen molar-refractivity contribution in [2.24, 2.45) is 0 Å². The van der Waals surface area contributed by atoms with Gasteiger partial charge in [0.2, 0.25) is 34.9 Å². The van der Waals surface area contributed by atoms with Crippen LogP contribution in [0, 0.1) is 34.9 Å². The fraction of sp³-hybridized carbons (Fsp3) is 0. The molecule has 2 aromatic rings. The minimum Gasteiger partial charge on any atom is -0.265 e. The molecule has 0 spiro atoms. The molecule has 0 unspecified atom stereocenters. The molecular weight excluding hydrogens is 260 g/mol. The number of rotatable bonds is 0. The first-order chi connectivity index (χ1) is 8.46. The summed E-state index contributed by atoms with van der Waals surface area (Å²) in [7, 11) is 0. The van der Waals surface area contributed by atoms with Gasteiger partial charge in [-0.05, 0) is 12.1 Å². The second kappa shape index (κ2) is 6.04. The Bertz CT molecular complexity index is 397. The van der Waals surface area contributed by atoms with E-state index in [1.165, 1.54) is 0 Å². The lowest BCUT2D eigenvalue weighted by Gasteiger charge is -1.99. The molecule has 0 aliphatic heterocycles. The molecule has 0 saturated heterocycles. The Morgan fingerprint density at radius 1 is 0.500 bits per heavy atom. The normalized spacial score (nSPS) is 9.67. The molecule has 0 saturated carbocycles. The Hall–Kier alpha value is -2.05. The van der Waals surface area contributed by atoms with E-state index in [0.717, 1.165) is 0 Å². The Morgan fingerprint density at radius 3 is 0.889 bits per heavy atom. The van der Waals surface area contributed by atoms with E-state index in [1.54, 1.807) is 12.4 Å². The molecule has 18 heavy (non-hydrogen) atoms. The highest BCUT2D eigenvalue weighted by Gasteiger charge is 2.25. The smallest absolute Gasteiger partial charge is 0.200 e. The lowest BCUT2D eigenvalue weighted by Crippen LogP contribution is -2.04. The zero-order chi connectivity index (χ0) is 13.7. The van der Waals surface area contributed by atoms with Crippen LogP contribution in [0.1, 0.15) is 0 Å². The van der Waals surface area contributed by atoms with Crippen molar-refractivity contribution in [2.45, 2.75) is 0 Å². The van der Waals surface area contributed by atoms with Crippen LogP contribution in [0.15, 0.2) is 30.6 Å². The molecule has 0 fully saturated rings. The second-order valence-electron chi connectivity index (χ2n) is 2.91. The standard InChI is InChI=1S/C6F6.C5H5N/c7-1-2(8)4(10)6(12)5(11)3(1)9;1-2-4-6-5-3-1/h;1-5H. The predicted octanol–water partition coefficient (Wildman–Crippen LogP) is 3.60. The number of nitrogens with zero attached hydrogens (tertiary/aromatic N) is 1. The predicted molar refractivity (Wildman–Crippen MR) is 50.4 cm³/mol. The van der Waals surface area contributed by atoms with Gasteiger partial charge in [-0.25, -0.2) is 26.3 Å². The minimum atomic E-state index is -2.37. The zero-order valence-corrected chi connectivity index (χ0v) is 8.60. The van der Waals surface area contributed by atoms with E-state index in [0.29, 0.717) is 0 Å². The highest BCUT2D eigenvalue weighted by molar-refractivity contribution is 5.14. The van der Waals surface area contributed by atoms with Crippen LogP contribution in [0.5, 0.6) is 0 Å². The van der Waals surface area contributed by atoms with Gasteiger partial charge < -0.3 is 0 Å². The summed E-state index contributed by atoms with van der Waals surface area (Å²) in [6.45, 7) is 0. The van der Waals surface area contributed by atoms with E-state index in [1.807, 2.05) is 18.2 Å². The van der Waals surface area contributed by atoms with Crippen LogP contribution in [0.3, 0.4) is 0 Å². The van der Waals surface area contributed by atoms with Crippen LogP contribution in [-0.4, -0.2) is 4.98 Å². The molecule has 0 aliphatic carbocycles. The summed E-state index contributed by atoms with van der Waals surface area (Å²) in [5.41, 5.74) is 0. The van der Waals surface area contributed by atoms with Crippen molar-refractivity contribution >= 4 is 0 Å². The van der Waals surface area contributed by atoms with Crippen molar-refractivity contribution in [3.63, 3.8) is 0 Å². The number of hydrogen-bond donors (Lipinski definition) is 0. The van der Waals surface area contributed by atoms with Crippen LogP contribution in [-0.2, 0) is 0 Å². The Kier molecular flexibility index (Phi) is 4.70. The third-order valence-electron chi connectivity index (χ3n) is 1.72. The molecule has 0 N–H and O–H groups in total. The summed E-state index contributed by atoms with van der Waals surface area (Å²) in [5.74, 6) is -14.2. The summed E-state index contributed by atoms with van der Waals surface area (Å²) in [6, 6.07) is 5.72. The molecule has 7 heteroatoms. The largest absolute Gasteiger partial charge is 0.265 e. The Morgan fingerprint density at radius 2 is 0.778 bits per heavy atom. The van der Waals surface area contributed by atoms with Crippen molar-refractivity contribution in [1.29, 1.82) is 0 Å². The number of hydrogen-bond acceptors (Lipinski definition) is 1. The summed E-state index contributed by atoms with van der Waals surface area (Å²) in [4.78, 5) is 3.78. The zero-order valence-electron chi connectivity index (χ0n) is 8.60. The van der Waals surface area contributed by atoms with E-state index >= 15 is 0 Å². The van der Waals surface area contributed by atoms with Gasteiger partial charge in [-0.15, -0.1) is 0 Å². The average molecular weight is 265 g/mol. The molecule has 0 aliphatic rings. The van der Waals surface area contributed by atoms with Gasteiger partial charge in [0.1, 0.15) is 0 Å². The van der Waals surface area contributed by atoms with Gasteiger partial charge in [0, 0.05) is 12.4 Å². The third kappa shape index (κ3) is 2.99. The molecule has 1 nitrogen and oxygen atoms in total. The van der Waals surface area contributed by atoms with Gasteiger partial charge >= 0.3 is 0 Å². The first kappa shape index (κ1) is 14.0. The Balaban J connectivity index is 0.000000225. The van der Waals surface area contributed by atoms with Gasteiger partial charge in [0.05, 0.1) is 0 Å².